The molecule has 5 heteroatoms. The highest BCUT2D eigenvalue weighted by atomic mass is 16.5. The van der Waals surface area contributed by atoms with Crippen molar-refractivity contribution in [3.8, 4) is 11.5 Å². The minimum Gasteiger partial charge on any atom is -0.493 e. The van der Waals surface area contributed by atoms with Gasteiger partial charge in [-0.1, -0.05) is 12.1 Å². The summed E-state index contributed by atoms with van der Waals surface area (Å²) in [6, 6.07) is 11.5. The topological polar surface area (TPSA) is 57.7 Å². The fraction of sp³-hybridized carbons (Fsp3) is 0.364. The van der Waals surface area contributed by atoms with Crippen molar-refractivity contribution in [2.45, 2.75) is 39.7 Å². The number of esters is 1. The van der Waals surface area contributed by atoms with Gasteiger partial charge >= 0.3 is 5.97 Å². The standard InChI is InChI=1S/C22H27NO4/c1-16(2)27-20-12-10-18(15-21(20)25-4)11-13-22(24)26-14-6-9-19-8-5-7-17(3)23-19/h5,7-8,10-13,15-16H,6,9,14H2,1-4H3/b13-11+. The third-order valence-corrected chi connectivity index (χ3v) is 3.73. The van der Waals surface area contributed by atoms with Gasteiger partial charge in [-0.3, -0.25) is 4.98 Å². The van der Waals surface area contributed by atoms with Gasteiger partial charge in [0.2, 0.25) is 0 Å². The number of carbonyl (C=O) groups is 1. The van der Waals surface area contributed by atoms with Gasteiger partial charge in [-0.2, -0.15) is 0 Å². The fourth-order valence-electron chi connectivity index (χ4n) is 2.52. The van der Waals surface area contributed by atoms with Gasteiger partial charge in [-0.15, -0.1) is 0 Å². The molecular weight excluding hydrogens is 342 g/mol. The van der Waals surface area contributed by atoms with Crippen LogP contribution in [0.25, 0.3) is 6.08 Å². The van der Waals surface area contributed by atoms with Gasteiger partial charge in [0.1, 0.15) is 0 Å². The fourth-order valence-corrected chi connectivity index (χ4v) is 2.52. The van der Waals surface area contributed by atoms with Crippen molar-refractivity contribution in [1.29, 1.82) is 0 Å². The van der Waals surface area contributed by atoms with Gasteiger partial charge in [0.25, 0.3) is 0 Å². The van der Waals surface area contributed by atoms with Crippen molar-refractivity contribution < 1.29 is 19.0 Å². The molecule has 1 heterocycles. The van der Waals surface area contributed by atoms with Crippen molar-refractivity contribution in [2.24, 2.45) is 0 Å². The van der Waals surface area contributed by atoms with E-state index in [9.17, 15) is 4.79 Å². The molecule has 0 unspecified atom stereocenters. The molecule has 0 N–H and O–H groups in total. The summed E-state index contributed by atoms with van der Waals surface area (Å²) in [4.78, 5) is 16.3. The van der Waals surface area contributed by atoms with Crippen molar-refractivity contribution in [1.82, 2.24) is 4.98 Å². The summed E-state index contributed by atoms with van der Waals surface area (Å²) in [5.74, 6) is 0.940. The summed E-state index contributed by atoms with van der Waals surface area (Å²) in [7, 11) is 1.59. The van der Waals surface area contributed by atoms with E-state index in [-0.39, 0.29) is 12.1 Å². The number of aryl methyl sites for hydroxylation is 2. The van der Waals surface area contributed by atoms with Gasteiger partial charge in [-0.05, 0) is 69.5 Å². The van der Waals surface area contributed by atoms with Gasteiger partial charge < -0.3 is 14.2 Å². The SMILES string of the molecule is COc1cc(/C=C/C(=O)OCCCc2cccc(C)n2)ccc1OC(C)C. The Morgan fingerprint density at radius 1 is 1.19 bits per heavy atom. The molecule has 0 spiro atoms. The van der Waals surface area contributed by atoms with Crippen LogP contribution in [-0.4, -0.2) is 30.8 Å². The molecule has 0 atom stereocenters. The Kier molecular flexibility index (Phi) is 7.86. The van der Waals surface area contributed by atoms with Gasteiger partial charge in [0.15, 0.2) is 11.5 Å². The molecule has 1 aromatic heterocycles. The van der Waals surface area contributed by atoms with Gasteiger partial charge in [-0.25, -0.2) is 4.79 Å². The number of ether oxygens (including phenoxy) is 3. The highest BCUT2D eigenvalue weighted by Crippen LogP contribution is 2.29. The normalized spacial score (nSPS) is 11.0. The number of nitrogens with zero attached hydrogens (tertiary/aromatic N) is 1. The Balaban J connectivity index is 1.81. The highest BCUT2D eigenvalue weighted by molar-refractivity contribution is 5.87. The van der Waals surface area contributed by atoms with E-state index in [1.807, 2.05) is 57.2 Å². The Hall–Kier alpha value is -2.82. The van der Waals surface area contributed by atoms with E-state index in [0.29, 0.717) is 18.1 Å². The lowest BCUT2D eigenvalue weighted by Gasteiger charge is -2.13. The van der Waals surface area contributed by atoms with E-state index in [4.69, 9.17) is 14.2 Å². The van der Waals surface area contributed by atoms with E-state index in [2.05, 4.69) is 4.98 Å². The quantitative estimate of drug-likeness (QED) is 0.373. The van der Waals surface area contributed by atoms with Crippen molar-refractivity contribution >= 4 is 12.0 Å². The molecule has 1 aromatic carbocycles. The molecule has 0 fully saturated rings. The van der Waals surface area contributed by atoms with Crippen LogP contribution < -0.4 is 9.47 Å². The van der Waals surface area contributed by atoms with Crippen LogP contribution >= 0.6 is 0 Å². The van der Waals surface area contributed by atoms with Crippen LogP contribution in [0, 0.1) is 6.92 Å². The summed E-state index contributed by atoms with van der Waals surface area (Å²) in [5.41, 5.74) is 2.84. The van der Waals surface area contributed by atoms with Crippen LogP contribution in [0.15, 0.2) is 42.5 Å². The number of hydrogen-bond acceptors (Lipinski definition) is 5. The minimum absolute atomic E-state index is 0.0604. The lowest BCUT2D eigenvalue weighted by atomic mass is 10.2. The molecule has 0 amide bonds. The molecule has 0 aliphatic heterocycles. The Morgan fingerprint density at radius 3 is 2.70 bits per heavy atom. The molecule has 27 heavy (non-hydrogen) atoms. The molecule has 0 saturated carbocycles. The van der Waals surface area contributed by atoms with Gasteiger partial charge in [0.05, 0.1) is 19.8 Å². The van der Waals surface area contributed by atoms with E-state index < -0.39 is 0 Å². The average molecular weight is 369 g/mol. The van der Waals surface area contributed by atoms with Crippen molar-refractivity contribution in [3.63, 3.8) is 0 Å². The number of benzene rings is 1. The van der Waals surface area contributed by atoms with Crippen LogP contribution in [0.2, 0.25) is 0 Å². The second-order valence-electron chi connectivity index (χ2n) is 6.45. The van der Waals surface area contributed by atoms with E-state index >= 15 is 0 Å². The first-order valence-corrected chi connectivity index (χ1v) is 9.10. The predicted octanol–water partition coefficient (Wildman–Crippen LogP) is 4.38. The van der Waals surface area contributed by atoms with Crippen LogP contribution in [0.3, 0.4) is 0 Å². The third-order valence-electron chi connectivity index (χ3n) is 3.73. The first-order valence-electron chi connectivity index (χ1n) is 9.10. The maximum atomic E-state index is 11.9. The molecule has 2 aromatic rings. The number of pyridine rings is 1. The zero-order chi connectivity index (χ0) is 19.6. The first-order chi connectivity index (χ1) is 13.0. The summed E-state index contributed by atoms with van der Waals surface area (Å²) >= 11 is 0. The molecule has 0 radical (unpaired) electrons. The van der Waals surface area contributed by atoms with Crippen LogP contribution in [0.5, 0.6) is 11.5 Å². The Labute approximate surface area is 161 Å². The predicted molar refractivity (Wildman–Crippen MR) is 106 cm³/mol. The number of carbonyl (C=O) groups excluding carboxylic acids is 1. The summed E-state index contributed by atoms with van der Waals surface area (Å²) in [6.07, 6.45) is 4.71. The second kappa shape index (κ2) is 10.4. The molecule has 2 rings (SSSR count). The number of rotatable bonds is 9. The van der Waals surface area contributed by atoms with Crippen molar-refractivity contribution in [3.05, 3.63) is 59.4 Å². The molecule has 144 valence electrons. The number of methoxy groups -OCH3 is 1. The number of aromatic nitrogens is 1. The lowest BCUT2D eigenvalue weighted by Crippen LogP contribution is -2.06. The summed E-state index contributed by atoms with van der Waals surface area (Å²) < 4.78 is 16.3. The third kappa shape index (κ3) is 7.13. The maximum Gasteiger partial charge on any atom is 0.330 e. The van der Waals surface area contributed by atoms with E-state index in [1.165, 1.54) is 6.08 Å². The van der Waals surface area contributed by atoms with Crippen LogP contribution in [0.1, 0.15) is 37.2 Å². The second-order valence-corrected chi connectivity index (χ2v) is 6.45. The molecular formula is C22H27NO4. The highest BCUT2D eigenvalue weighted by Gasteiger charge is 2.07. The zero-order valence-corrected chi connectivity index (χ0v) is 16.4. The monoisotopic (exact) mass is 369 g/mol. The molecule has 5 nitrogen and oxygen atoms in total. The minimum atomic E-state index is -0.367. The maximum absolute atomic E-state index is 11.9. The number of hydrogen-bond donors (Lipinski definition) is 0. The van der Waals surface area contributed by atoms with Gasteiger partial charge in [0, 0.05) is 17.5 Å². The lowest BCUT2D eigenvalue weighted by molar-refractivity contribution is -0.137. The Bertz CT molecular complexity index is 784. The summed E-state index contributed by atoms with van der Waals surface area (Å²) in [6.45, 7) is 6.24. The zero-order valence-electron chi connectivity index (χ0n) is 16.4. The smallest absolute Gasteiger partial charge is 0.330 e. The average Bonchev–Trinajstić information content (AvgIpc) is 2.64. The summed E-state index contributed by atoms with van der Waals surface area (Å²) in [5, 5.41) is 0. The molecule has 0 aliphatic rings. The first kappa shape index (κ1) is 20.5. The molecule has 0 saturated heterocycles. The van der Waals surface area contributed by atoms with Crippen molar-refractivity contribution in [2.75, 3.05) is 13.7 Å². The van der Waals surface area contributed by atoms with Crippen LogP contribution in [-0.2, 0) is 16.0 Å². The Morgan fingerprint density at radius 2 is 2.00 bits per heavy atom. The van der Waals surface area contributed by atoms with E-state index in [1.54, 1.807) is 13.2 Å². The largest absolute Gasteiger partial charge is 0.493 e. The van der Waals surface area contributed by atoms with E-state index in [0.717, 1.165) is 29.8 Å². The van der Waals surface area contributed by atoms with Crippen LogP contribution in [0.4, 0.5) is 0 Å². The molecule has 0 bridgehead atoms. The molecule has 0 aliphatic carbocycles.